The van der Waals surface area contributed by atoms with Crippen LogP contribution in [-0.4, -0.2) is 15.0 Å². The van der Waals surface area contributed by atoms with E-state index in [1.807, 2.05) is 48.5 Å². The molecule has 0 saturated carbocycles. The van der Waals surface area contributed by atoms with Crippen molar-refractivity contribution in [3.05, 3.63) is 60.8 Å². The molecule has 4 nitrogen and oxygen atoms in total. The number of hydrogen-bond donors (Lipinski definition) is 1. The van der Waals surface area contributed by atoms with Crippen molar-refractivity contribution < 1.29 is 0 Å². The SMILES string of the molecule is Nc1cc(Sc2ccccn2)nc(-c2ccccc2)n1. The number of benzene rings is 1. The summed E-state index contributed by atoms with van der Waals surface area (Å²) in [6.07, 6.45) is 1.75. The summed E-state index contributed by atoms with van der Waals surface area (Å²) in [5, 5.41) is 1.67. The van der Waals surface area contributed by atoms with Crippen LogP contribution in [0.2, 0.25) is 0 Å². The van der Waals surface area contributed by atoms with Crippen molar-refractivity contribution in [2.24, 2.45) is 0 Å². The van der Waals surface area contributed by atoms with Crippen molar-refractivity contribution in [1.82, 2.24) is 15.0 Å². The van der Waals surface area contributed by atoms with Crippen LogP contribution in [0.1, 0.15) is 0 Å². The van der Waals surface area contributed by atoms with Gasteiger partial charge in [0, 0.05) is 17.8 Å². The second-order valence-electron chi connectivity index (χ2n) is 4.09. The van der Waals surface area contributed by atoms with Gasteiger partial charge in [-0.1, -0.05) is 36.4 Å². The van der Waals surface area contributed by atoms with Crippen molar-refractivity contribution in [2.75, 3.05) is 5.73 Å². The van der Waals surface area contributed by atoms with Crippen LogP contribution in [-0.2, 0) is 0 Å². The van der Waals surface area contributed by atoms with E-state index in [0.29, 0.717) is 11.6 Å². The van der Waals surface area contributed by atoms with E-state index in [1.54, 1.807) is 12.3 Å². The first-order chi connectivity index (χ1) is 9.81. The van der Waals surface area contributed by atoms with Crippen LogP contribution in [0.4, 0.5) is 5.82 Å². The maximum atomic E-state index is 5.87. The summed E-state index contributed by atoms with van der Waals surface area (Å²) in [4.78, 5) is 13.1. The van der Waals surface area contributed by atoms with Gasteiger partial charge in [0.1, 0.15) is 15.9 Å². The first-order valence-corrected chi connectivity index (χ1v) is 6.92. The quantitative estimate of drug-likeness (QED) is 0.746. The number of aromatic nitrogens is 3. The van der Waals surface area contributed by atoms with E-state index >= 15 is 0 Å². The summed E-state index contributed by atoms with van der Waals surface area (Å²) >= 11 is 1.47. The molecule has 3 aromatic rings. The minimum absolute atomic E-state index is 0.456. The summed E-state index contributed by atoms with van der Waals surface area (Å²) < 4.78 is 0. The van der Waals surface area contributed by atoms with E-state index in [9.17, 15) is 0 Å². The van der Waals surface area contributed by atoms with Crippen LogP contribution >= 0.6 is 11.8 Å². The molecule has 2 aromatic heterocycles. The van der Waals surface area contributed by atoms with Crippen molar-refractivity contribution in [3.8, 4) is 11.4 Å². The Balaban J connectivity index is 1.95. The zero-order valence-electron chi connectivity index (χ0n) is 10.6. The highest BCUT2D eigenvalue weighted by Gasteiger charge is 2.07. The van der Waals surface area contributed by atoms with Gasteiger partial charge in [0.2, 0.25) is 0 Å². The molecule has 20 heavy (non-hydrogen) atoms. The zero-order valence-corrected chi connectivity index (χ0v) is 11.4. The number of rotatable bonds is 3. The Morgan fingerprint density at radius 1 is 0.850 bits per heavy atom. The molecule has 0 aliphatic rings. The highest BCUT2D eigenvalue weighted by molar-refractivity contribution is 7.99. The zero-order chi connectivity index (χ0) is 13.8. The maximum absolute atomic E-state index is 5.87. The molecule has 1 aromatic carbocycles. The number of anilines is 1. The molecule has 0 amide bonds. The van der Waals surface area contributed by atoms with Gasteiger partial charge in [-0.25, -0.2) is 15.0 Å². The normalized spacial score (nSPS) is 10.4. The number of hydrogen-bond acceptors (Lipinski definition) is 5. The van der Waals surface area contributed by atoms with Crippen LogP contribution in [0, 0.1) is 0 Å². The lowest BCUT2D eigenvalue weighted by molar-refractivity contribution is 1.05. The minimum Gasteiger partial charge on any atom is -0.384 e. The molecule has 0 unspecified atom stereocenters. The van der Waals surface area contributed by atoms with Crippen LogP contribution in [0.5, 0.6) is 0 Å². The van der Waals surface area contributed by atoms with Crippen LogP contribution < -0.4 is 5.73 Å². The molecule has 0 bridgehead atoms. The summed E-state index contributed by atoms with van der Waals surface area (Å²) in [7, 11) is 0. The van der Waals surface area contributed by atoms with Gasteiger partial charge in [0.15, 0.2) is 5.82 Å². The lowest BCUT2D eigenvalue weighted by Crippen LogP contribution is -1.97. The van der Waals surface area contributed by atoms with E-state index in [0.717, 1.165) is 15.6 Å². The largest absolute Gasteiger partial charge is 0.384 e. The molecule has 5 heteroatoms. The Morgan fingerprint density at radius 3 is 2.40 bits per heavy atom. The third kappa shape index (κ3) is 2.95. The van der Waals surface area contributed by atoms with Crippen LogP contribution in [0.3, 0.4) is 0 Å². The van der Waals surface area contributed by atoms with Crippen LogP contribution in [0.25, 0.3) is 11.4 Å². The van der Waals surface area contributed by atoms with Gasteiger partial charge in [-0.2, -0.15) is 0 Å². The molecule has 0 aliphatic heterocycles. The molecular formula is C15H12N4S. The number of pyridine rings is 1. The smallest absolute Gasteiger partial charge is 0.162 e. The Kier molecular flexibility index (Phi) is 3.60. The lowest BCUT2D eigenvalue weighted by Gasteiger charge is -2.05. The standard InChI is InChI=1S/C15H12N4S/c16-12-10-14(20-13-8-4-5-9-17-13)19-15(18-12)11-6-2-1-3-7-11/h1-10H,(H2,16,18,19). The molecule has 0 saturated heterocycles. The molecule has 3 rings (SSSR count). The van der Waals surface area contributed by atoms with Gasteiger partial charge >= 0.3 is 0 Å². The highest BCUT2D eigenvalue weighted by Crippen LogP contribution is 2.27. The molecule has 0 radical (unpaired) electrons. The topological polar surface area (TPSA) is 64.7 Å². The van der Waals surface area contributed by atoms with Crippen molar-refractivity contribution in [1.29, 1.82) is 0 Å². The lowest BCUT2D eigenvalue weighted by atomic mass is 10.2. The van der Waals surface area contributed by atoms with E-state index < -0.39 is 0 Å². The molecule has 0 aliphatic carbocycles. The van der Waals surface area contributed by atoms with E-state index in [4.69, 9.17) is 5.73 Å². The molecule has 98 valence electrons. The van der Waals surface area contributed by atoms with Gasteiger partial charge in [-0.15, -0.1) is 0 Å². The van der Waals surface area contributed by atoms with Crippen molar-refractivity contribution >= 4 is 17.6 Å². The van der Waals surface area contributed by atoms with E-state index in [-0.39, 0.29) is 0 Å². The second kappa shape index (κ2) is 5.71. The van der Waals surface area contributed by atoms with Gasteiger partial charge in [0.05, 0.1) is 0 Å². The average Bonchev–Trinajstić information content (AvgIpc) is 2.49. The van der Waals surface area contributed by atoms with Gasteiger partial charge in [0.25, 0.3) is 0 Å². The third-order valence-electron chi connectivity index (χ3n) is 2.60. The fraction of sp³-hybridized carbons (Fsp3) is 0. The average molecular weight is 280 g/mol. The number of nitrogen functional groups attached to an aromatic ring is 1. The molecular weight excluding hydrogens is 268 g/mol. The number of nitrogens with two attached hydrogens (primary N) is 1. The predicted molar refractivity (Wildman–Crippen MR) is 80.2 cm³/mol. The summed E-state index contributed by atoms with van der Waals surface area (Å²) in [6, 6.07) is 17.3. The summed E-state index contributed by atoms with van der Waals surface area (Å²) in [6.45, 7) is 0. The van der Waals surface area contributed by atoms with Gasteiger partial charge < -0.3 is 5.73 Å². The van der Waals surface area contributed by atoms with Gasteiger partial charge in [-0.05, 0) is 23.9 Å². The van der Waals surface area contributed by atoms with E-state index in [1.165, 1.54) is 11.8 Å². The maximum Gasteiger partial charge on any atom is 0.162 e. The molecule has 0 atom stereocenters. The molecule has 0 spiro atoms. The first-order valence-electron chi connectivity index (χ1n) is 6.10. The Labute approximate surface area is 121 Å². The summed E-state index contributed by atoms with van der Waals surface area (Å²) in [5.74, 6) is 1.08. The van der Waals surface area contributed by atoms with E-state index in [2.05, 4.69) is 15.0 Å². The first kappa shape index (κ1) is 12.6. The van der Waals surface area contributed by atoms with Gasteiger partial charge in [-0.3, -0.25) is 0 Å². The van der Waals surface area contributed by atoms with Crippen molar-refractivity contribution in [2.45, 2.75) is 10.1 Å². The monoisotopic (exact) mass is 280 g/mol. The minimum atomic E-state index is 0.456. The molecule has 2 heterocycles. The highest BCUT2D eigenvalue weighted by atomic mass is 32.2. The second-order valence-corrected chi connectivity index (χ2v) is 5.13. The molecule has 0 fully saturated rings. The Hall–Kier alpha value is -2.40. The number of nitrogens with zero attached hydrogens (tertiary/aromatic N) is 3. The fourth-order valence-electron chi connectivity index (χ4n) is 1.73. The third-order valence-corrected chi connectivity index (χ3v) is 3.47. The molecule has 2 N–H and O–H groups in total. The Morgan fingerprint density at radius 2 is 1.65 bits per heavy atom. The fourth-order valence-corrected chi connectivity index (χ4v) is 2.51. The summed E-state index contributed by atoms with van der Waals surface area (Å²) in [5.41, 5.74) is 6.81. The van der Waals surface area contributed by atoms with Crippen molar-refractivity contribution in [3.63, 3.8) is 0 Å². The van der Waals surface area contributed by atoms with Crippen LogP contribution in [0.15, 0.2) is 70.8 Å². The predicted octanol–water partition coefficient (Wildman–Crippen LogP) is 3.27. The Bertz CT molecular complexity index is 702.